The second-order valence-electron chi connectivity index (χ2n) is 7.65. The van der Waals surface area contributed by atoms with Gasteiger partial charge >= 0.3 is 5.97 Å². The van der Waals surface area contributed by atoms with Gasteiger partial charge in [-0.25, -0.2) is 14.2 Å². The summed E-state index contributed by atoms with van der Waals surface area (Å²) in [6.07, 6.45) is 2.78. The molecule has 1 N–H and O–H groups in total. The van der Waals surface area contributed by atoms with Gasteiger partial charge in [-0.3, -0.25) is 9.89 Å². The van der Waals surface area contributed by atoms with E-state index in [1.54, 1.807) is 12.3 Å². The number of hydrogen-bond acceptors (Lipinski definition) is 8. The number of carbonyl (C=O) groups excluding carboxylic acids is 1. The molecule has 162 valence electrons. The average molecular weight is 463 g/mol. The molecule has 31 heavy (non-hydrogen) atoms. The van der Waals surface area contributed by atoms with Gasteiger partial charge in [0.2, 0.25) is 0 Å². The van der Waals surface area contributed by atoms with Crippen molar-refractivity contribution in [2.24, 2.45) is 4.99 Å². The van der Waals surface area contributed by atoms with Gasteiger partial charge in [-0.05, 0) is 18.6 Å². The number of methoxy groups -OCH3 is 1. The molecule has 0 saturated carbocycles. The number of thiazole rings is 1. The van der Waals surface area contributed by atoms with E-state index in [4.69, 9.17) is 26.1 Å². The smallest absolute Gasteiger partial charge is 0.338 e. The number of ether oxygens (including phenoxy) is 2. The number of aromatic nitrogens is 1. The number of carbonyl (C=O) groups is 1. The minimum Gasteiger partial charge on any atom is -0.466 e. The molecular weight excluding hydrogens is 443 g/mol. The van der Waals surface area contributed by atoms with Crippen LogP contribution in [0.15, 0.2) is 46.0 Å². The summed E-state index contributed by atoms with van der Waals surface area (Å²) >= 11 is 7.81. The third-order valence-corrected chi connectivity index (χ3v) is 6.97. The zero-order valence-electron chi connectivity index (χ0n) is 16.7. The van der Waals surface area contributed by atoms with Crippen LogP contribution >= 0.6 is 22.9 Å². The van der Waals surface area contributed by atoms with E-state index in [2.05, 4.69) is 15.2 Å². The standard InChI is InChI=1S/C21H20ClFN4O3S/c1-29-21(28)17-16(8-27-12-7-13(27)10-30-9-12)25-19(20-24-4-5-31-20)26-18(17)14-3-2-11(23)6-15(14)22/h2-6,12-13,18H,7-10H2,1H3,(H,25,26)/t12?,13?,18-/m0/s1. The van der Waals surface area contributed by atoms with Gasteiger partial charge in [0, 0.05) is 46.5 Å². The van der Waals surface area contributed by atoms with Gasteiger partial charge in [0.1, 0.15) is 11.9 Å². The van der Waals surface area contributed by atoms with Crippen LogP contribution in [0.25, 0.3) is 0 Å². The molecule has 3 aliphatic heterocycles. The van der Waals surface area contributed by atoms with Crippen LogP contribution in [0.2, 0.25) is 5.02 Å². The summed E-state index contributed by atoms with van der Waals surface area (Å²) in [7, 11) is 1.34. The number of nitrogens with one attached hydrogen (secondary N) is 1. The third kappa shape index (κ3) is 3.76. The topological polar surface area (TPSA) is 76.0 Å². The first kappa shape index (κ1) is 20.6. The molecule has 0 radical (unpaired) electrons. The van der Waals surface area contributed by atoms with Crippen LogP contribution < -0.4 is 5.32 Å². The summed E-state index contributed by atoms with van der Waals surface area (Å²) in [5.74, 6) is -0.411. The maximum atomic E-state index is 13.7. The molecule has 2 bridgehead atoms. The molecule has 2 fully saturated rings. The fraction of sp³-hybridized carbons (Fsp3) is 0.381. The zero-order chi connectivity index (χ0) is 21.5. The summed E-state index contributed by atoms with van der Waals surface area (Å²) in [4.78, 5) is 24.3. The Balaban J connectivity index is 1.60. The summed E-state index contributed by atoms with van der Waals surface area (Å²) in [6.45, 7) is 1.87. The second-order valence-corrected chi connectivity index (χ2v) is 8.95. The van der Waals surface area contributed by atoms with E-state index < -0.39 is 17.8 Å². The molecule has 1 aromatic heterocycles. The summed E-state index contributed by atoms with van der Waals surface area (Å²) < 4.78 is 24.4. The molecule has 4 heterocycles. The number of nitrogens with zero attached hydrogens (tertiary/aromatic N) is 3. The fourth-order valence-corrected chi connectivity index (χ4v) is 5.18. The Kier molecular flexibility index (Phi) is 5.51. The lowest BCUT2D eigenvalue weighted by atomic mass is 9.89. The van der Waals surface area contributed by atoms with Crippen LogP contribution in [-0.4, -0.2) is 60.6 Å². The van der Waals surface area contributed by atoms with Crippen LogP contribution in [0.3, 0.4) is 0 Å². The van der Waals surface area contributed by atoms with E-state index in [1.807, 2.05) is 5.38 Å². The van der Waals surface area contributed by atoms with Crippen LogP contribution in [0.1, 0.15) is 23.0 Å². The van der Waals surface area contributed by atoms with E-state index in [0.29, 0.717) is 59.5 Å². The summed E-state index contributed by atoms with van der Waals surface area (Å²) in [6, 6.07) is 4.00. The van der Waals surface area contributed by atoms with Crippen molar-refractivity contribution >= 4 is 34.7 Å². The number of morpholine rings is 1. The maximum absolute atomic E-state index is 13.7. The largest absolute Gasteiger partial charge is 0.466 e. The van der Waals surface area contributed by atoms with Gasteiger partial charge in [0.05, 0.1) is 25.9 Å². The number of amidine groups is 1. The first-order valence-electron chi connectivity index (χ1n) is 9.89. The maximum Gasteiger partial charge on any atom is 0.338 e. The van der Waals surface area contributed by atoms with Gasteiger partial charge in [-0.15, -0.1) is 11.3 Å². The molecule has 2 aromatic rings. The lowest BCUT2D eigenvalue weighted by Crippen LogP contribution is -2.64. The monoisotopic (exact) mass is 462 g/mol. The highest BCUT2D eigenvalue weighted by molar-refractivity contribution is 7.11. The van der Waals surface area contributed by atoms with Crippen LogP contribution in [0, 0.1) is 5.82 Å². The van der Waals surface area contributed by atoms with Crippen LogP contribution in [-0.2, 0) is 14.3 Å². The van der Waals surface area contributed by atoms with E-state index in [-0.39, 0.29) is 5.02 Å². The second kappa shape index (κ2) is 8.31. The number of esters is 1. The van der Waals surface area contributed by atoms with Gasteiger partial charge in [-0.2, -0.15) is 0 Å². The number of benzene rings is 1. The Morgan fingerprint density at radius 1 is 1.42 bits per heavy atom. The first-order valence-corrected chi connectivity index (χ1v) is 11.2. The molecule has 2 unspecified atom stereocenters. The number of aliphatic imine (C=N–C) groups is 1. The molecule has 10 heteroatoms. The Morgan fingerprint density at radius 2 is 2.23 bits per heavy atom. The van der Waals surface area contributed by atoms with Gasteiger partial charge in [0.15, 0.2) is 10.8 Å². The Labute approximate surface area is 187 Å². The molecule has 7 nitrogen and oxygen atoms in total. The lowest BCUT2D eigenvalue weighted by Gasteiger charge is -2.52. The van der Waals surface area contributed by atoms with E-state index in [9.17, 15) is 9.18 Å². The number of halogens is 2. The minimum absolute atomic E-state index is 0.198. The van der Waals surface area contributed by atoms with Crippen LogP contribution in [0.5, 0.6) is 0 Å². The van der Waals surface area contributed by atoms with Crippen molar-refractivity contribution in [2.45, 2.75) is 24.5 Å². The average Bonchev–Trinajstić information content (AvgIpc) is 3.32. The van der Waals surface area contributed by atoms with Crippen LogP contribution in [0.4, 0.5) is 4.39 Å². The highest BCUT2D eigenvalue weighted by atomic mass is 35.5. The molecule has 3 aliphatic rings. The van der Waals surface area contributed by atoms with Crippen molar-refractivity contribution in [1.29, 1.82) is 0 Å². The van der Waals surface area contributed by atoms with E-state index >= 15 is 0 Å². The van der Waals surface area contributed by atoms with Crippen molar-refractivity contribution in [3.63, 3.8) is 0 Å². The predicted molar refractivity (Wildman–Crippen MR) is 115 cm³/mol. The third-order valence-electron chi connectivity index (χ3n) is 5.87. The zero-order valence-corrected chi connectivity index (χ0v) is 18.3. The Bertz CT molecular complexity index is 1060. The predicted octanol–water partition coefficient (Wildman–Crippen LogP) is 2.93. The van der Waals surface area contributed by atoms with Crippen molar-refractivity contribution in [3.05, 3.63) is 62.5 Å². The Morgan fingerprint density at radius 3 is 2.87 bits per heavy atom. The SMILES string of the molecule is COC(=O)C1=C(CN2C3COCC2C3)NC(c2nccs2)=N[C@H]1c1ccc(F)cc1Cl. The number of hydrogen-bond donors (Lipinski definition) is 1. The normalized spacial score (nSPS) is 25.5. The highest BCUT2D eigenvalue weighted by Gasteiger charge is 2.44. The van der Waals surface area contributed by atoms with Gasteiger partial charge < -0.3 is 14.8 Å². The molecule has 2 saturated heterocycles. The quantitative estimate of drug-likeness (QED) is 0.688. The van der Waals surface area contributed by atoms with Crippen molar-refractivity contribution in [3.8, 4) is 0 Å². The molecule has 0 aliphatic carbocycles. The Hall–Kier alpha value is -2.33. The van der Waals surface area contributed by atoms with E-state index in [0.717, 1.165) is 6.42 Å². The summed E-state index contributed by atoms with van der Waals surface area (Å²) in [5.41, 5.74) is 1.58. The van der Waals surface area contributed by atoms with Crippen molar-refractivity contribution < 1.29 is 18.7 Å². The molecular formula is C21H20ClFN4O3S. The lowest BCUT2D eigenvalue weighted by molar-refractivity contribution is -0.137. The first-order chi connectivity index (χ1) is 15.0. The molecule has 3 atom stereocenters. The van der Waals surface area contributed by atoms with E-state index in [1.165, 1.54) is 30.6 Å². The molecule has 5 rings (SSSR count). The van der Waals surface area contributed by atoms with Crippen molar-refractivity contribution in [1.82, 2.24) is 15.2 Å². The number of fused-ring (bicyclic) bond motifs is 2. The fourth-order valence-electron chi connectivity index (χ4n) is 4.32. The number of rotatable bonds is 5. The highest BCUT2D eigenvalue weighted by Crippen LogP contribution is 2.38. The molecule has 0 spiro atoms. The molecule has 0 amide bonds. The molecule has 1 aromatic carbocycles. The summed E-state index contributed by atoms with van der Waals surface area (Å²) in [5, 5.41) is 6.06. The van der Waals surface area contributed by atoms with Gasteiger partial charge in [-0.1, -0.05) is 17.7 Å². The minimum atomic E-state index is -0.743. The van der Waals surface area contributed by atoms with Crippen molar-refractivity contribution in [2.75, 3.05) is 26.9 Å². The van der Waals surface area contributed by atoms with Gasteiger partial charge in [0.25, 0.3) is 0 Å².